The Morgan fingerprint density at radius 3 is 2.00 bits per heavy atom. The summed E-state index contributed by atoms with van der Waals surface area (Å²) >= 11 is 0. The van der Waals surface area contributed by atoms with Crippen LogP contribution >= 0.6 is 0 Å². The second-order valence-corrected chi connectivity index (χ2v) is 16.9. The normalized spacial score (nSPS) is 12.4. The van der Waals surface area contributed by atoms with E-state index in [1.54, 1.807) is 24.3 Å². The van der Waals surface area contributed by atoms with Gasteiger partial charge in [0.2, 0.25) is 0 Å². The lowest BCUT2D eigenvalue weighted by Gasteiger charge is -2.31. The summed E-state index contributed by atoms with van der Waals surface area (Å²) in [5.41, 5.74) is 0. The standard InChI is InChI=1S/C18H34O3Si2/c1-22(2,3)21-23(4,5)16-10-8-6-7-9-15-20-18-13-11-17(19)12-14-18/h11-14,19H,6-10,15-16H2,1-5H3. The molecule has 0 saturated heterocycles. The van der Waals surface area contributed by atoms with Gasteiger partial charge in [-0.15, -0.1) is 0 Å². The van der Waals surface area contributed by atoms with Crippen LogP contribution in [-0.4, -0.2) is 28.3 Å². The van der Waals surface area contributed by atoms with E-state index in [2.05, 4.69) is 32.7 Å². The molecule has 0 heterocycles. The van der Waals surface area contributed by atoms with Crippen LogP contribution in [-0.2, 0) is 4.12 Å². The number of benzene rings is 1. The summed E-state index contributed by atoms with van der Waals surface area (Å²) in [6, 6.07) is 8.20. The lowest BCUT2D eigenvalue weighted by Crippen LogP contribution is -2.42. The van der Waals surface area contributed by atoms with Crippen LogP contribution in [0.3, 0.4) is 0 Å². The molecule has 5 heteroatoms. The molecular weight excluding hydrogens is 320 g/mol. The maximum absolute atomic E-state index is 9.21. The molecule has 23 heavy (non-hydrogen) atoms. The van der Waals surface area contributed by atoms with E-state index in [4.69, 9.17) is 8.85 Å². The van der Waals surface area contributed by atoms with Crippen molar-refractivity contribution in [3.8, 4) is 11.5 Å². The average molecular weight is 355 g/mol. The molecule has 3 nitrogen and oxygen atoms in total. The van der Waals surface area contributed by atoms with Gasteiger partial charge < -0.3 is 14.0 Å². The van der Waals surface area contributed by atoms with Crippen molar-refractivity contribution in [2.75, 3.05) is 6.61 Å². The Hall–Kier alpha value is -0.786. The summed E-state index contributed by atoms with van der Waals surface area (Å²) in [6.07, 6.45) is 6.17. The molecule has 0 unspecified atom stereocenters. The van der Waals surface area contributed by atoms with Crippen LogP contribution in [0.4, 0.5) is 0 Å². The monoisotopic (exact) mass is 354 g/mol. The predicted octanol–water partition coefficient (Wildman–Crippen LogP) is 5.78. The van der Waals surface area contributed by atoms with Gasteiger partial charge in [0.15, 0.2) is 16.6 Å². The van der Waals surface area contributed by atoms with Crippen molar-refractivity contribution in [3.63, 3.8) is 0 Å². The van der Waals surface area contributed by atoms with Crippen LogP contribution in [0, 0.1) is 0 Å². The fraction of sp³-hybridized carbons (Fsp3) is 0.667. The van der Waals surface area contributed by atoms with Gasteiger partial charge in [-0.2, -0.15) is 0 Å². The molecule has 0 spiro atoms. The molecule has 1 rings (SSSR count). The van der Waals surface area contributed by atoms with Gasteiger partial charge in [-0.25, -0.2) is 0 Å². The Labute approximate surface area is 144 Å². The lowest BCUT2D eigenvalue weighted by molar-refractivity contribution is 0.304. The van der Waals surface area contributed by atoms with Crippen LogP contribution < -0.4 is 4.74 Å². The van der Waals surface area contributed by atoms with Crippen molar-refractivity contribution in [2.24, 2.45) is 0 Å². The minimum absolute atomic E-state index is 0.280. The van der Waals surface area contributed by atoms with Gasteiger partial charge in [-0.3, -0.25) is 0 Å². The fourth-order valence-corrected chi connectivity index (χ4v) is 10.9. The zero-order chi connectivity index (χ0) is 17.3. The first-order chi connectivity index (χ1) is 10.7. The quantitative estimate of drug-likeness (QED) is 0.404. The number of hydrogen-bond donors (Lipinski definition) is 1. The Balaban J connectivity index is 2.02. The molecule has 0 atom stereocenters. The SMILES string of the molecule is C[Si](C)(C)O[Si](C)(C)CCCCCCCOc1ccc(O)cc1. The summed E-state index contributed by atoms with van der Waals surface area (Å²) in [4.78, 5) is 0. The Kier molecular flexibility index (Phi) is 8.36. The van der Waals surface area contributed by atoms with E-state index in [1.807, 2.05) is 0 Å². The van der Waals surface area contributed by atoms with Crippen LogP contribution in [0.2, 0.25) is 38.8 Å². The van der Waals surface area contributed by atoms with E-state index in [1.165, 1.54) is 31.7 Å². The van der Waals surface area contributed by atoms with E-state index in [-0.39, 0.29) is 5.75 Å². The van der Waals surface area contributed by atoms with Crippen LogP contribution in [0.5, 0.6) is 11.5 Å². The van der Waals surface area contributed by atoms with E-state index < -0.39 is 16.6 Å². The fourth-order valence-electron chi connectivity index (χ4n) is 2.80. The summed E-state index contributed by atoms with van der Waals surface area (Å²) in [5, 5.41) is 9.21. The zero-order valence-corrected chi connectivity index (χ0v) is 17.5. The second kappa shape index (κ2) is 9.50. The summed E-state index contributed by atoms with van der Waals surface area (Å²) < 4.78 is 12.0. The highest BCUT2D eigenvalue weighted by Crippen LogP contribution is 2.21. The number of unbranched alkanes of at least 4 members (excludes halogenated alkanes) is 4. The number of phenolic OH excluding ortho intramolecular Hbond substituents is 1. The Bertz CT molecular complexity index is 439. The molecule has 1 aromatic rings. The van der Waals surface area contributed by atoms with Crippen molar-refractivity contribution in [1.82, 2.24) is 0 Å². The number of aromatic hydroxyl groups is 1. The maximum atomic E-state index is 9.21. The van der Waals surface area contributed by atoms with Crippen molar-refractivity contribution < 1.29 is 14.0 Å². The van der Waals surface area contributed by atoms with E-state index in [0.717, 1.165) is 18.8 Å². The first-order valence-electron chi connectivity index (χ1n) is 8.80. The van der Waals surface area contributed by atoms with Crippen molar-refractivity contribution in [1.29, 1.82) is 0 Å². The molecule has 1 aromatic carbocycles. The third-order valence-corrected chi connectivity index (χ3v) is 9.83. The van der Waals surface area contributed by atoms with Gasteiger partial charge in [0.25, 0.3) is 0 Å². The highest BCUT2D eigenvalue weighted by Gasteiger charge is 2.28. The third-order valence-electron chi connectivity index (χ3n) is 3.61. The topological polar surface area (TPSA) is 38.7 Å². The number of hydrogen-bond acceptors (Lipinski definition) is 3. The van der Waals surface area contributed by atoms with Gasteiger partial charge in [-0.05, 0) is 69.5 Å². The van der Waals surface area contributed by atoms with Gasteiger partial charge >= 0.3 is 0 Å². The van der Waals surface area contributed by atoms with Gasteiger partial charge in [0, 0.05) is 0 Å². The van der Waals surface area contributed by atoms with E-state index in [0.29, 0.717) is 0 Å². The number of phenols is 1. The molecule has 0 aliphatic carbocycles. The largest absolute Gasteiger partial charge is 0.508 e. The average Bonchev–Trinajstić information content (AvgIpc) is 2.41. The van der Waals surface area contributed by atoms with Crippen molar-refractivity contribution >= 4 is 16.6 Å². The van der Waals surface area contributed by atoms with E-state index in [9.17, 15) is 5.11 Å². The van der Waals surface area contributed by atoms with E-state index >= 15 is 0 Å². The molecule has 0 radical (unpaired) electrons. The smallest absolute Gasteiger partial charge is 0.173 e. The number of ether oxygens (including phenoxy) is 1. The predicted molar refractivity (Wildman–Crippen MR) is 103 cm³/mol. The molecule has 0 aliphatic heterocycles. The van der Waals surface area contributed by atoms with Crippen molar-refractivity contribution in [2.45, 2.75) is 70.9 Å². The molecule has 0 fully saturated rings. The van der Waals surface area contributed by atoms with Crippen LogP contribution in [0.15, 0.2) is 24.3 Å². The maximum Gasteiger partial charge on any atom is 0.173 e. The highest BCUT2D eigenvalue weighted by atomic mass is 28.4. The molecule has 0 aromatic heterocycles. The highest BCUT2D eigenvalue weighted by molar-refractivity contribution is 6.84. The Morgan fingerprint density at radius 1 is 0.826 bits per heavy atom. The zero-order valence-electron chi connectivity index (χ0n) is 15.5. The Morgan fingerprint density at radius 2 is 1.39 bits per heavy atom. The lowest BCUT2D eigenvalue weighted by atomic mass is 10.2. The molecule has 0 amide bonds. The molecule has 0 aliphatic rings. The minimum Gasteiger partial charge on any atom is -0.508 e. The summed E-state index contributed by atoms with van der Waals surface area (Å²) in [7, 11) is -2.83. The molecule has 0 saturated carbocycles. The first kappa shape index (κ1) is 20.3. The number of rotatable bonds is 11. The molecule has 132 valence electrons. The van der Waals surface area contributed by atoms with Crippen LogP contribution in [0.1, 0.15) is 32.1 Å². The van der Waals surface area contributed by atoms with Gasteiger partial charge in [-0.1, -0.05) is 25.7 Å². The summed E-state index contributed by atoms with van der Waals surface area (Å²) in [6.45, 7) is 12.3. The van der Waals surface area contributed by atoms with Gasteiger partial charge in [0.1, 0.15) is 11.5 Å². The first-order valence-corrected chi connectivity index (χ1v) is 15.3. The minimum atomic E-state index is -1.45. The third kappa shape index (κ3) is 10.6. The van der Waals surface area contributed by atoms with Crippen molar-refractivity contribution in [3.05, 3.63) is 24.3 Å². The molecule has 0 bridgehead atoms. The molecule has 1 N–H and O–H groups in total. The van der Waals surface area contributed by atoms with Gasteiger partial charge in [0.05, 0.1) is 6.61 Å². The summed E-state index contributed by atoms with van der Waals surface area (Å²) in [5.74, 6) is 1.11. The molecular formula is C18H34O3Si2. The van der Waals surface area contributed by atoms with Crippen LogP contribution in [0.25, 0.3) is 0 Å². The second-order valence-electron chi connectivity index (χ2n) is 7.83.